The second-order valence-corrected chi connectivity index (χ2v) is 6.21. The highest BCUT2D eigenvalue weighted by Crippen LogP contribution is 2.27. The van der Waals surface area contributed by atoms with Crippen molar-refractivity contribution in [2.24, 2.45) is 0 Å². The van der Waals surface area contributed by atoms with Crippen molar-refractivity contribution in [2.75, 3.05) is 0 Å². The molecule has 1 aromatic heterocycles. The van der Waals surface area contributed by atoms with Gasteiger partial charge in [-0.3, -0.25) is 0 Å². The largest absolute Gasteiger partial charge is 0.474 e. The third-order valence-corrected chi connectivity index (χ3v) is 4.06. The zero-order chi connectivity index (χ0) is 12.4. The summed E-state index contributed by atoms with van der Waals surface area (Å²) in [7, 11) is 0. The van der Waals surface area contributed by atoms with E-state index < -0.39 is 0 Å². The Morgan fingerprint density at radius 3 is 2.78 bits per heavy atom. The first-order valence-electron chi connectivity index (χ1n) is 6.86. The van der Waals surface area contributed by atoms with E-state index in [9.17, 15) is 0 Å². The molecule has 18 heavy (non-hydrogen) atoms. The third-order valence-electron chi connectivity index (χ3n) is 3.63. The minimum Gasteiger partial charge on any atom is -0.474 e. The molecule has 0 amide bonds. The first-order chi connectivity index (χ1) is 8.81. The van der Waals surface area contributed by atoms with E-state index in [1.54, 1.807) is 0 Å². The molecule has 2 saturated carbocycles. The highest BCUT2D eigenvalue weighted by atomic mass is 79.9. The van der Waals surface area contributed by atoms with Crippen LogP contribution in [-0.4, -0.2) is 17.1 Å². The lowest BCUT2D eigenvalue weighted by molar-refractivity contribution is 0.198. The summed E-state index contributed by atoms with van der Waals surface area (Å²) in [4.78, 5) is 4.43. The van der Waals surface area contributed by atoms with Crippen LogP contribution in [0, 0.1) is 0 Å². The summed E-state index contributed by atoms with van der Waals surface area (Å²) >= 11 is 3.49. The summed E-state index contributed by atoms with van der Waals surface area (Å²) in [5.41, 5.74) is 1.17. The van der Waals surface area contributed by atoms with Crippen molar-refractivity contribution in [3.8, 4) is 5.88 Å². The van der Waals surface area contributed by atoms with E-state index in [1.807, 2.05) is 6.20 Å². The number of hydrogen-bond donors (Lipinski definition) is 1. The van der Waals surface area contributed by atoms with Gasteiger partial charge < -0.3 is 10.1 Å². The van der Waals surface area contributed by atoms with Crippen LogP contribution >= 0.6 is 15.9 Å². The van der Waals surface area contributed by atoms with Crippen LogP contribution in [0.5, 0.6) is 5.88 Å². The summed E-state index contributed by atoms with van der Waals surface area (Å²) in [6.45, 7) is 0.860. The Morgan fingerprint density at radius 2 is 2.06 bits per heavy atom. The Bertz CT molecular complexity index is 414. The van der Waals surface area contributed by atoms with Crippen molar-refractivity contribution < 1.29 is 4.74 Å². The number of nitrogens with zero attached hydrogens (tertiary/aromatic N) is 1. The van der Waals surface area contributed by atoms with Crippen LogP contribution in [0.3, 0.4) is 0 Å². The number of rotatable bonds is 5. The van der Waals surface area contributed by atoms with Crippen LogP contribution < -0.4 is 10.1 Å². The predicted octanol–water partition coefficient (Wildman–Crippen LogP) is 3.42. The maximum Gasteiger partial charge on any atom is 0.218 e. The Morgan fingerprint density at radius 1 is 1.28 bits per heavy atom. The Balaban J connectivity index is 1.69. The molecule has 0 saturated heterocycles. The van der Waals surface area contributed by atoms with Gasteiger partial charge in [-0.25, -0.2) is 4.98 Å². The van der Waals surface area contributed by atoms with Gasteiger partial charge in [0.1, 0.15) is 6.10 Å². The van der Waals surface area contributed by atoms with E-state index >= 15 is 0 Å². The standard InChI is InChI=1S/C14H19BrN2O/c15-11-7-10(8-16-12-5-6-12)14(17-9-11)18-13-3-1-2-4-13/h7,9,12-13,16H,1-6,8H2. The topological polar surface area (TPSA) is 34.1 Å². The van der Waals surface area contributed by atoms with Crippen LogP contribution in [0.4, 0.5) is 0 Å². The number of aromatic nitrogens is 1. The fourth-order valence-corrected chi connectivity index (χ4v) is 2.79. The highest BCUT2D eigenvalue weighted by molar-refractivity contribution is 9.10. The van der Waals surface area contributed by atoms with Gasteiger partial charge >= 0.3 is 0 Å². The van der Waals surface area contributed by atoms with E-state index in [-0.39, 0.29) is 0 Å². The van der Waals surface area contributed by atoms with Crippen molar-refractivity contribution in [1.29, 1.82) is 0 Å². The molecular formula is C14H19BrN2O. The molecule has 3 rings (SSSR count). The summed E-state index contributed by atoms with van der Waals surface area (Å²) in [5, 5.41) is 3.52. The van der Waals surface area contributed by atoms with Crippen molar-refractivity contribution in [1.82, 2.24) is 10.3 Å². The molecule has 1 N–H and O–H groups in total. The second-order valence-electron chi connectivity index (χ2n) is 5.30. The normalized spacial score (nSPS) is 20.3. The molecule has 0 unspecified atom stereocenters. The fraction of sp³-hybridized carbons (Fsp3) is 0.643. The molecule has 0 spiro atoms. The summed E-state index contributed by atoms with van der Waals surface area (Å²) in [6.07, 6.45) is 9.73. The average Bonchev–Trinajstić information content (AvgIpc) is 3.06. The van der Waals surface area contributed by atoms with Crippen LogP contribution in [-0.2, 0) is 6.54 Å². The molecular weight excluding hydrogens is 292 g/mol. The van der Waals surface area contributed by atoms with Crippen molar-refractivity contribution in [2.45, 2.75) is 57.2 Å². The lowest BCUT2D eigenvalue weighted by Crippen LogP contribution is -2.18. The molecule has 1 heterocycles. The van der Waals surface area contributed by atoms with Gasteiger partial charge in [-0.1, -0.05) is 0 Å². The van der Waals surface area contributed by atoms with E-state index in [0.717, 1.165) is 16.9 Å². The molecule has 2 aliphatic carbocycles. The van der Waals surface area contributed by atoms with Gasteiger partial charge in [0.15, 0.2) is 0 Å². The SMILES string of the molecule is Brc1cnc(OC2CCCC2)c(CNC2CC2)c1. The monoisotopic (exact) mass is 310 g/mol. The quantitative estimate of drug-likeness (QED) is 0.905. The molecule has 0 bridgehead atoms. The number of nitrogens with one attached hydrogen (secondary N) is 1. The second kappa shape index (κ2) is 5.57. The van der Waals surface area contributed by atoms with Crippen LogP contribution in [0.25, 0.3) is 0 Å². The van der Waals surface area contributed by atoms with Crippen molar-refractivity contribution in [3.63, 3.8) is 0 Å². The molecule has 3 nitrogen and oxygen atoms in total. The zero-order valence-electron chi connectivity index (χ0n) is 10.5. The molecule has 2 fully saturated rings. The molecule has 0 aromatic carbocycles. The van der Waals surface area contributed by atoms with Crippen LogP contribution in [0.2, 0.25) is 0 Å². The van der Waals surface area contributed by atoms with Crippen molar-refractivity contribution >= 4 is 15.9 Å². The first-order valence-corrected chi connectivity index (χ1v) is 7.65. The zero-order valence-corrected chi connectivity index (χ0v) is 12.1. The van der Waals surface area contributed by atoms with Crippen LogP contribution in [0.15, 0.2) is 16.7 Å². The van der Waals surface area contributed by atoms with Gasteiger partial charge in [0, 0.05) is 28.8 Å². The number of halogens is 1. The fourth-order valence-electron chi connectivity index (χ4n) is 2.41. The maximum absolute atomic E-state index is 6.04. The summed E-state index contributed by atoms with van der Waals surface area (Å²) in [5.74, 6) is 0.818. The smallest absolute Gasteiger partial charge is 0.218 e. The lowest BCUT2D eigenvalue weighted by atomic mass is 10.2. The Labute approximate surface area is 116 Å². The van der Waals surface area contributed by atoms with Gasteiger partial charge in [0.05, 0.1) is 0 Å². The van der Waals surface area contributed by atoms with E-state index in [4.69, 9.17) is 4.74 Å². The van der Waals surface area contributed by atoms with Crippen molar-refractivity contribution in [3.05, 3.63) is 22.3 Å². The van der Waals surface area contributed by atoms with E-state index in [0.29, 0.717) is 12.1 Å². The molecule has 2 aliphatic rings. The van der Waals surface area contributed by atoms with Gasteiger partial charge in [-0.2, -0.15) is 0 Å². The Hall–Kier alpha value is -0.610. The van der Waals surface area contributed by atoms with E-state index in [2.05, 4.69) is 32.3 Å². The maximum atomic E-state index is 6.04. The summed E-state index contributed by atoms with van der Waals surface area (Å²) in [6, 6.07) is 2.83. The first kappa shape index (κ1) is 12.4. The number of hydrogen-bond acceptors (Lipinski definition) is 3. The molecule has 0 radical (unpaired) electrons. The minimum atomic E-state index is 0.373. The highest BCUT2D eigenvalue weighted by Gasteiger charge is 2.22. The molecule has 4 heteroatoms. The number of pyridine rings is 1. The Kier molecular flexibility index (Phi) is 3.85. The lowest BCUT2D eigenvalue weighted by Gasteiger charge is -2.16. The van der Waals surface area contributed by atoms with Gasteiger partial charge in [0.2, 0.25) is 5.88 Å². The molecule has 0 atom stereocenters. The van der Waals surface area contributed by atoms with Gasteiger partial charge in [-0.05, 0) is 60.5 Å². The minimum absolute atomic E-state index is 0.373. The molecule has 0 aliphatic heterocycles. The molecule has 1 aromatic rings. The number of ether oxygens (including phenoxy) is 1. The van der Waals surface area contributed by atoms with Gasteiger partial charge in [0.25, 0.3) is 0 Å². The van der Waals surface area contributed by atoms with Crippen LogP contribution in [0.1, 0.15) is 44.1 Å². The summed E-state index contributed by atoms with van der Waals surface area (Å²) < 4.78 is 7.06. The van der Waals surface area contributed by atoms with Gasteiger partial charge in [-0.15, -0.1) is 0 Å². The molecule has 98 valence electrons. The average molecular weight is 311 g/mol. The van der Waals surface area contributed by atoms with E-state index in [1.165, 1.54) is 44.1 Å². The predicted molar refractivity (Wildman–Crippen MR) is 74.7 cm³/mol. The third kappa shape index (κ3) is 3.23.